The topological polar surface area (TPSA) is 47.8 Å². The van der Waals surface area contributed by atoms with E-state index in [2.05, 4.69) is 9.97 Å². The molecule has 2 aromatic heterocycles. The summed E-state index contributed by atoms with van der Waals surface area (Å²) in [7, 11) is 1.94. The van der Waals surface area contributed by atoms with Crippen LogP contribution in [0.1, 0.15) is 27.6 Å². The maximum absolute atomic E-state index is 11.9. The lowest BCUT2D eigenvalue weighted by Crippen LogP contribution is -2.04. The summed E-state index contributed by atoms with van der Waals surface area (Å²) in [5.41, 5.74) is 2.54. The second-order valence-corrected chi connectivity index (χ2v) is 4.50. The Kier molecular flexibility index (Phi) is 3.14. The average Bonchev–Trinajstić information content (AvgIpc) is 2.84. The van der Waals surface area contributed by atoms with Crippen molar-refractivity contribution in [3.8, 4) is 0 Å². The molecule has 0 radical (unpaired) electrons. The molecule has 5 heteroatoms. The summed E-state index contributed by atoms with van der Waals surface area (Å²) in [5, 5.41) is 0. The zero-order valence-corrected chi connectivity index (χ0v) is 10.1. The van der Waals surface area contributed by atoms with Crippen LogP contribution < -0.4 is 0 Å². The van der Waals surface area contributed by atoms with Gasteiger partial charge in [0.25, 0.3) is 0 Å². The molecule has 0 spiro atoms. The van der Waals surface area contributed by atoms with Crippen molar-refractivity contribution in [2.75, 3.05) is 0 Å². The van der Waals surface area contributed by atoms with Crippen molar-refractivity contribution in [1.82, 2.24) is 14.5 Å². The van der Waals surface area contributed by atoms with Gasteiger partial charge in [-0.05, 0) is 6.92 Å². The Bertz CT molecular complexity index is 501. The number of aryl methyl sites for hydroxylation is 3. The van der Waals surface area contributed by atoms with Crippen LogP contribution in [0.25, 0.3) is 0 Å². The number of carbonyl (C=O) groups excluding carboxylic acids is 1. The first kappa shape index (κ1) is 11.0. The minimum absolute atomic E-state index is 0.156. The van der Waals surface area contributed by atoms with Crippen LogP contribution in [0.4, 0.5) is 0 Å². The molecule has 16 heavy (non-hydrogen) atoms. The highest BCUT2D eigenvalue weighted by atomic mass is 32.1. The lowest BCUT2D eigenvalue weighted by molar-refractivity contribution is 0.0985. The predicted molar refractivity (Wildman–Crippen MR) is 62.7 cm³/mol. The van der Waals surface area contributed by atoms with Crippen molar-refractivity contribution in [1.29, 1.82) is 0 Å². The van der Waals surface area contributed by atoms with E-state index in [-0.39, 0.29) is 5.78 Å². The van der Waals surface area contributed by atoms with Crippen LogP contribution in [0.5, 0.6) is 0 Å². The van der Waals surface area contributed by atoms with Gasteiger partial charge in [0, 0.05) is 32.3 Å². The summed E-state index contributed by atoms with van der Waals surface area (Å²) in [4.78, 5) is 20.9. The average molecular weight is 235 g/mol. The van der Waals surface area contributed by atoms with Gasteiger partial charge in [0.15, 0.2) is 5.78 Å². The Balaban J connectivity index is 1.99. The van der Waals surface area contributed by atoms with E-state index in [1.165, 1.54) is 11.3 Å². The number of carbonyl (C=O) groups is 1. The number of Topliss-reactive ketones (excluding diaryl/α,β-unsaturated/α-hetero) is 1. The van der Waals surface area contributed by atoms with Crippen LogP contribution >= 0.6 is 11.3 Å². The minimum Gasteiger partial charge on any atom is -0.338 e. The smallest absolute Gasteiger partial charge is 0.175 e. The van der Waals surface area contributed by atoms with E-state index in [1.54, 1.807) is 11.7 Å². The normalized spacial score (nSPS) is 10.6. The van der Waals surface area contributed by atoms with E-state index in [9.17, 15) is 4.79 Å². The predicted octanol–water partition coefficient (Wildman–Crippen LogP) is 2.00. The van der Waals surface area contributed by atoms with E-state index in [0.29, 0.717) is 12.8 Å². The molecule has 84 valence electrons. The molecule has 0 atom stereocenters. The van der Waals surface area contributed by atoms with Crippen LogP contribution in [-0.4, -0.2) is 20.3 Å². The molecule has 4 nitrogen and oxygen atoms in total. The maximum atomic E-state index is 11.9. The van der Waals surface area contributed by atoms with Gasteiger partial charge in [0.2, 0.25) is 0 Å². The quantitative estimate of drug-likeness (QED) is 0.761. The van der Waals surface area contributed by atoms with Gasteiger partial charge in [-0.2, -0.15) is 0 Å². The molecule has 0 fully saturated rings. The molecule has 0 bridgehead atoms. The first-order chi connectivity index (χ1) is 7.68. The van der Waals surface area contributed by atoms with Gasteiger partial charge in [-0.15, -0.1) is 11.3 Å². The molecule has 2 heterocycles. The summed E-state index contributed by atoms with van der Waals surface area (Å²) in [5.74, 6) is 1.10. The van der Waals surface area contributed by atoms with E-state index < -0.39 is 0 Å². The highest BCUT2D eigenvalue weighted by Crippen LogP contribution is 2.15. The van der Waals surface area contributed by atoms with Gasteiger partial charge in [-0.3, -0.25) is 4.79 Å². The Morgan fingerprint density at radius 3 is 2.88 bits per heavy atom. The van der Waals surface area contributed by atoms with Crippen molar-refractivity contribution in [2.24, 2.45) is 7.05 Å². The first-order valence-electron chi connectivity index (χ1n) is 5.08. The number of hydrogen-bond donors (Lipinski definition) is 0. The molecule has 0 aliphatic heterocycles. The summed E-state index contributed by atoms with van der Waals surface area (Å²) in [6, 6.07) is 0. The van der Waals surface area contributed by atoms with Crippen LogP contribution in [0.3, 0.4) is 0 Å². The van der Waals surface area contributed by atoms with Crippen molar-refractivity contribution in [3.63, 3.8) is 0 Å². The number of imidazole rings is 1. The lowest BCUT2D eigenvalue weighted by atomic mass is 10.1. The molecule has 0 N–H and O–H groups in total. The van der Waals surface area contributed by atoms with Crippen molar-refractivity contribution in [2.45, 2.75) is 19.8 Å². The monoisotopic (exact) mass is 235 g/mol. The molecule has 0 amide bonds. The maximum Gasteiger partial charge on any atom is 0.175 e. The van der Waals surface area contributed by atoms with Gasteiger partial charge >= 0.3 is 0 Å². The van der Waals surface area contributed by atoms with Gasteiger partial charge in [0.1, 0.15) is 5.82 Å². The number of hydrogen-bond acceptors (Lipinski definition) is 4. The van der Waals surface area contributed by atoms with E-state index in [4.69, 9.17) is 0 Å². The number of thiazole rings is 1. The molecular formula is C11H13N3OS. The first-order valence-corrected chi connectivity index (χ1v) is 5.96. The Morgan fingerprint density at radius 2 is 2.31 bits per heavy atom. The number of aromatic nitrogens is 3. The lowest BCUT2D eigenvalue weighted by Gasteiger charge is -2.00. The molecule has 0 unspecified atom stereocenters. The van der Waals surface area contributed by atoms with Gasteiger partial charge in [0.05, 0.1) is 16.1 Å². The molecule has 0 aliphatic rings. The summed E-state index contributed by atoms with van der Waals surface area (Å²) in [6.07, 6.45) is 4.81. The molecule has 2 rings (SSSR count). The van der Waals surface area contributed by atoms with E-state index in [1.807, 2.05) is 24.7 Å². The molecule has 0 saturated heterocycles. The second kappa shape index (κ2) is 4.57. The fourth-order valence-corrected chi connectivity index (χ4v) is 2.32. The highest BCUT2D eigenvalue weighted by molar-refractivity contribution is 7.11. The molecule has 0 aliphatic carbocycles. The van der Waals surface area contributed by atoms with Crippen LogP contribution in [0.15, 0.2) is 17.9 Å². The summed E-state index contributed by atoms with van der Waals surface area (Å²) in [6.45, 7) is 1.87. The number of ketones is 1. The van der Waals surface area contributed by atoms with Crippen molar-refractivity contribution in [3.05, 3.63) is 34.3 Å². The Labute approximate surface area is 98.0 Å². The number of rotatable bonds is 4. The van der Waals surface area contributed by atoms with Gasteiger partial charge in [-0.1, -0.05) is 0 Å². The molecular weight excluding hydrogens is 222 g/mol. The second-order valence-electron chi connectivity index (χ2n) is 3.64. The van der Waals surface area contributed by atoms with E-state index >= 15 is 0 Å². The zero-order valence-electron chi connectivity index (χ0n) is 9.30. The van der Waals surface area contributed by atoms with Gasteiger partial charge in [-0.25, -0.2) is 9.97 Å². The number of nitrogens with zero attached hydrogens (tertiary/aromatic N) is 3. The van der Waals surface area contributed by atoms with Crippen LogP contribution in [-0.2, 0) is 13.5 Å². The minimum atomic E-state index is 0.156. The third-order valence-corrected chi connectivity index (χ3v) is 3.47. The van der Waals surface area contributed by atoms with Crippen molar-refractivity contribution >= 4 is 17.1 Å². The van der Waals surface area contributed by atoms with Crippen molar-refractivity contribution < 1.29 is 4.79 Å². The zero-order chi connectivity index (χ0) is 11.5. The Hall–Kier alpha value is -1.49. The highest BCUT2D eigenvalue weighted by Gasteiger charge is 2.12. The summed E-state index contributed by atoms with van der Waals surface area (Å²) >= 11 is 1.41. The third kappa shape index (κ3) is 2.19. The standard InChI is InChI=1S/C11H13N3OS/c1-8-11(16-7-13-8)9(15)3-4-10-12-5-6-14(10)2/h5-7H,3-4H2,1-2H3. The fourth-order valence-electron chi connectivity index (χ4n) is 1.55. The fraction of sp³-hybridized carbons (Fsp3) is 0.364. The SMILES string of the molecule is Cc1ncsc1C(=O)CCc1nccn1C. The Morgan fingerprint density at radius 1 is 1.50 bits per heavy atom. The van der Waals surface area contributed by atoms with Gasteiger partial charge < -0.3 is 4.57 Å². The van der Waals surface area contributed by atoms with Crippen LogP contribution in [0.2, 0.25) is 0 Å². The third-order valence-electron chi connectivity index (χ3n) is 2.50. The van der Waals surface area contributed by atoms with Crippen LogP contribution in [0, 0.1) is 6.92 Å². The molecule has 0 aromatic carbocycles. The largest absolute Gasteiger partial charge is 0.338 e. The molecule has 0 saturated carbocycles. The summed E-state index contributed by atoms with van der Waals surface area (Å²) < 4.78 is 1.94. The molecule has 2 aromatic rings. The van der Waals surface area contributed by atoms with E-state index in [0.717, 1.165) is 16.4 Å².